The van der Waals surface area contributed by atoms with E-state index in [0.717, 1.165) is 12.1 Å². The number of fused-ring (bicyclic) bond motifs is 5. The fraction of sp³-hybridized carbons (Fsp3) is 0.400. The van der Waals surface area contributed by atoms with Gasteiger partial charge in [-0.05, 0) is 30.5 Å². The zero-order chi connectivity index (χ0) is 18.4. The highest BCUT2D eigenvalue weighted by atomic mass is 16.7. The molecule has 0 saturated carbocycles. The van der Waals surface area contributed by atoms with Gasteiger partial charge in [0.1, 0.15) is 5.75 Å². The van der Waals surface area contributed by atoms with Crippen LogP contribution in [0, 0.1) is 5.92 Å². The van der Waals surface area contributed by atoms with Crippen LogP contribution in [0.15, 0.2) is 41.2 Å². The number of carbonyl (C=O) groups is 1. The van der Waals surface area contributed by atoms with Crippen LogP contribution in [0.1, 0.15) is 18.0 Å². The molecule has 3 aliphatic heterocycles. The molecule has 140 valence electrons. The van der Waals surface area contributed by atoms with E-state index in [2.05, 4.69) is 0 Å². The first-order chi connectivity index (χ1) is 13.2. The molecule has 0 aliphatic carbocycles. The van der Waals surface area contributed by atoms with Crippen molar-refractivity contribution in [1.82, 2.24) is 9.47 Å². The number of carbonyl (C=O) groups excluding carboxylic acids is 1. The molecule has 0 spiro atoms. The van der Waals surface area contributed by atoms with E-state index in [1.807, 2.05) is 15.5 Å². The van der Waals surface area contributed by atoms with Crippen molar-refractivity contribution < 1.29 is 19.0 Å². The average Bonchev–Trinajstić information content (AvgIpc) is 3.14. The van der Waals surface area contributed by atoms with Crippen molar-refractivity contribution in [2.24, 2.45) is 5.92 Å². The maximum atomic E-state index is 12.7. The van der Waals surface area contributed by atoms with Gasteiger partial charge in [-0.25, -0.2) is 0 Å². The highest BCUT2D eigenvalue weighted by molar-refractivity contribution is 5.78. The van der Waals surface area contributed by atoms with Crippen LogP contribution in [0.25, 0.3) is 0 Å². The molecule has 3 aliphatic rings. The average molecular weight is 368 g/mol. The first kappa shape index (κ1) is 16.2. The summed E-state index contributed by atoms with van der Waals surface area (Å²) in [5.74, 6) is 2.39. The van der Waals surface area contributed by atoms with E-state index >= 15 is 0 Å². The first-order valence-corrected chi connectivity index (χ1v) is 9.17. The molecule has 2 aromatic rings. The standard InChI is InChI=1S/C20H20N2O5/c23-19-3-1-2-16-14-6-13(9-22(16)19)8-21(10-14)20(24)11-25-15-4-5-17-18(7-15)27-12-26-17/h1-5,7,13-14H,6,8-12H2. The van der Waals surface area contributed by atoms with Gasteiger partial charge >= 0.3 is 0 Å². The van der Waals surface area contributed by atoms with Gasteiger partial charge in [-0.3, -0.25) is 9.59 Å². The minimum atomic E-state index is -0.0332. The fourth-order valence-corrected chi connectivity index (χ4v) is 4.30. The SMILES string of the molecule is O=C(COc1ccc2c(c1)OCO2)N1CC2CC(C1)c1cccc(=O)n1C2. The Kier molecular flexibility index (Phi) is 3.81. The summed E-state index contributed by atoms with van der Waals surface area (Å²) >= 11 is 0. The van der Waals surface area contributed by atoms with Crippen LogP contribution in [0.5, 0.6) is 17.2 Å². The molecular formula is C20H20N2O5. The van der Waals surface area contributed by atoms with Gasteiger partial charge in [0.05, 0.1) is 0 Å². The van der Waals surface area contributed by atoms with Gasteiger partial charge in [-0.2, -0.15) is 0 Å². The lowest BCUT2D eigenvalue weighted by atomic mass is 9.83. The number of amides is 1. The van der Waals surface area contributed by atoms with Gasteiger partial charge in [0.25, 0.3) is 11.5 Å². The zero-order valence-electron chi connectivity index (χ0n) is 14.8. The molecule has 1 amide bonds. The number of nitrogens with zero attached hydrogens (tertiary/aromatic N) is 2. The molecule has 0 N–H and O–H groups in total. The van der Waals surface area contributed by atoms with Crippen LogP contribution >= 0.6 is 0 Å². The summed E-state index contributed by atoms with van der Waals surface area (Å²) < 4.78 is 18.1. The summed E-state index contributed by atoms with van der Waals surface area (Å²) in [5, 5.41) is 0. The van der Waals surface area contributed by atoms with Crippen molar-refractivity contribution in [3.05, 3.63) is 52.4 Å². The Balaban J connectivity index is 1.26. The van der Waals surface area contributed by atoms with Crippen molar-refractivity contribution in [3.63, 3.8) is 0 Å². The van der Waals surface area contributed by atoms with Gasteiger partial charge in [0.15, 0.2) is 18.1 Å². The van der Waals surface area contributed by atoms with Crippen molar-refractivity contribution in [1.29, 1.82) is 0 Å². The van der Waals surface area contributed by atoms with Gasteiger partial charge in [0.2, 0.25) is 6.79 Å². The lowest BCUT2D eigenvalue weighted by molar-refractivity contribution is -0.136. The molecule has 0 radical (unpaired) electrons. The number of pyridine rings is 1. The van der Waals surface area contributed by atoms with Gasteiger partial charge in [-0.1, -0.05) is 6.07 Å². The lowest BCUT2D eigenvalue weighted by Gasteiger charge is -2.42. The third-order valence-corrected chi connectivity index (χ3v) is 5.54. The van der Waals surface area contributed by atoms with E-state index in [0.29, 0.717) is 42.8 Å². The van der Waals surface area contributed by atoms with Gasteiger partial charge < -0.3 is 23.7 Å². The largest absolute Gasteiger partial charge is 0.484 e. The minimum Gasteiger partial charge on any atom is -0.484 e. The molecular weight excluding hydrogens is 348 g/mol. The van der Waals surface area contributed by atoms with Crippen LogP contribution in [0.4, 0.5) is 0 Å². The van der Waals surface area contributed by atoms with Gasteiger partial charge in [0, 0.05) is 43.4 Å². The van der Waals surface area contributed by atoms with Crippen LogP contribution in [-0.2, 0) is 11.3 Å². The Hall–Kier alpha value is -2.96. The Labute approximate surface area is 156 Å². The topological polar surface area (TPSA) is 70.0 Å². The van der Waals surface area contributed by atoms with E-state index in [4.69, 9.17) is 14.2 Å². The second-order valence-corrected chi connectivity index (χ2v) is 7.30. The number of hydrogen-bond acceptors (Lipinski definition) is 5. The van der Waals surface area contributed by atoms with Crippen molar-refractivity contribution >= 4 is 5.91 Å². The van der Waals surface area contributed by atoms with Crippen LogP contribution in [0.3, 0.4) is 0 Å². The molecule has 7 nitrogen and oxygen atoms in total. The maximum Gasteiger partial charge on any atom is 0.260 e. The summed E-state index contributed by atoms with van der Waals surface area (Å²) in [4.78, 5) is 26.7. The highest BCUT2D eigenvalue weighted by Gasteiger charge is 2.36. The van der Waals surface area contributed by atoms with Crippen LogP contribution in [-0.4, -0.2) is 41.9 Å². The third-order valence-electron chi connectivity index (χ3n) is 5.54. The first-order valence-electron chi connectivity index (χ1n) is 9.17. The van der Waals surface area contributed by atoms with Crippen molar-refractivity contribution in [2.45, 2.75) is 18.9 Å². The monoisotopic (exact) mass is 368 g/mol. The number of benzene rings is 1. The molecule has 4 heterocycles. The minimum absolute atomic E-state index is 0.0132. The summed E-state index contributed by atoms with van der Waals surface area (Å²) in [6.45, 7) is 2.17. The quantitative estimate of drug-likeness (QED) is 0.823. The van der Waals surface area contributed by atoms with E-state index < -0.39 is 0 Å². The molecule has 2 atom stereocenters. The maximum absolute atomic E-state index is 12.7. The number of piperidine rings is 1. The molecule has 7 heteroatoms. The Bertz CT molecular complexity index is 954. The number of hydrogen-bond donors (Lipinski definition) is 0. The Morgan fingerprint density at radius 3 is 2.93 bits per heavy atom. The zero-order valence-corrected chi connectivity index (χ0v) is 14.8. The molecule has 5 rings (SSSR count). The fourth-order valence-electron chi connectivity index (χ4n) is 4.30. The molecule has 1 saturated heterocycles. The lowest BCUT2D eigenvalue weighted by Crippen LogP contribution is -2.50. The van der Waals surface area contributed by atoms with Crippen molar-refractivity contribution in [2.75, 3.05) is 26.5 Å². The Morgan fingerprint density at radius 2 is 2.00 bits per heavy atom. The third kappa shape index (κ3) is 2.93. The van der Waals surface area contributed by atoms with E-state index in [1.54, 1.807) is 30.3 Å². The summed E-state index contributed by atoms with van der Waals surface area (Å²) in [6.07, 6.45) is 1.02. The van der Waals surface area contributed by atoms with E-state index in [1.165, 1.54) is 0 Å². The summed E-state index contributed by atoms with van der Waals surface area (Å²) in [6, 6.07) is 10.7. The van der Waals surface area contributed by atoms with Gasteiger partial charge in [-0.15, -0.1) is 0 Å². The molecule has 1 aromatic heterocycles. The number of likely N-dealkylation sites (tertiary alicyclic amines) is 1. The van der Waals surface area contributed by atoms with E-state index in [9.17, 15) is 9.59 Å². The smallest absolute Gasteiger partial charge is 0.260 e. The number of ether oxygens (including phenoxy) is 3. The predicted molar refractivity (Wildman–Crippen MR) is 96.2 cm³/mol. The summed E-state index contributed by atoms with van der Waals surface area (Å²) in [7, 11) is 0. The number of aromatic nitrogens is 1. The predicted octanol–water partition coefficient (Wildman–Crippen LogP) is 1.60. The van der Waals surface area contributed by atoms with E-state index in [-0.39, 0.29) is 30.8 Å². The van der Waals surface area contributed by atoms with Crippen LogP contribution in [0.2, 0.25) is 0 Å². The second kappa shape index (κ2) is 6.33. The normalized spacial score (nSPS) is 22.3. The Morgan fingerprint density at radius 1 is 1.11 bits per heavy atom. The molecule has 1 fully saturated rings. The molecule has 2 unspecified atom stereocenters. The highest BCUT2D eigenvalue weighted by Crippen LogP contribution is 2.36. The van der Waals surface area contributed by atoms with Crippen molar-refractivity contribution in [3.8, 4) is 17.2 Å². The molecule has 2 bridgehead atoms. The second-order valence-electron chi connectivity index (χ2n) is 7.30. The molecule has 27 heavy (non-hydrogen) atoms. The summed E-state index contributed by atoms with van der Waals surface area (Å²) in [5.41, 5.74) is 1.08. The molecule has 1 aromatic carbocycles. The van der Waals surface area contributed by atoms with Crippen LogP contribution < -0.4 is 19.8 Å². The number of rotatable bonds is 3.